The molecule has 0 amide bonds. The molecule has 4 aromatic carbocycles. The lowest BCUT2D eigenvalue weighted by Gasteiger charge is -2.13. The maximum Gasteiger partial charge on any atom is 0.0490 e. The van der Waals surface area contributed by atoms with Crippen molar-refractivity contribution in [1.82, 2.24) is 0 Å². The van der Waals surface area contributed by atoms with Crippen LogP contribution in [0.4, 0.5) is 0 Å². The molecule has 0 atom stereocenters. The molecule has 0 unspecified atom stereocenters. The van der Waals surface area contributed by atoms with Gasteiger partial charge in [-0.3, -0.25) is 0 Å². The maximum absolute atomic E-state index is 6.66. The van der Waals surface area contributed by atoms with Crippen molar-refractivity contribution in [2.45, 2.75) is 0 Å². The molecule has 0 nitrogen and oxygen atoms in total. The van der Waals surface area contributed by atoms with Crippen LogP contribution in [0.1, 0.15) is 0 Å². The fourth-order valence-electron chi connectivity index (χ4n) is 3.65. The zero-order valence-corrected chi connectivity index (χ0v) is 15.5. The number of hydrogen-bond acceptors (Lipinski definition) is 1. The first kappa shape index (κ1) is 15.6. The Labute approximate surface area is 161 Å². The van der Waals surface area contributed by atoms with Crippen LogP contribution in [-0.2, 0) is 0 Å². The highest BCUT2D eigenvalue weighted by Crippen LogP contribution is 2.44. The molecule has 0 spiro atoms. The lowest BCUT2D eigenvalue weighted by atomic mass is 9.92. The van der Waals surface area contributed by atoms with Crippen LogP contribution in [-0.4, -0.2) is 0 Å². The number of fused-ring (bicyclic) bond motifs is 3. The summed E-state index contributed by atoms with van der Waals surface area (Å²) in [5.41, 5.74) is 4.65. The van der Waals surface area contributed by atoms with Crippen LogP contribution >= 0.6 is 22.9 Å². The van der Waals surface area contributed by atoms with E-state index < -0.39 is 0 Å². The Morgan fingerprint density at radius 3 is 2.15 bits per heavy atom. The van der Waals surface area contributed by atoms with Crippen LogP contribution in [0.15, 0.2) is 91.0 Å². The number of rotatable bonds is 2. The third-order valence-corrected chi connectivity index (χ3v) is 6.22. The molecular weight excluding hydrogens is 356 g/mol. The van der Waals surface area contributed by atoms with E-state index in [2.05, 4.69) is 72.8 Å². The zero-order valence-electron chi connectivity index (χ0n) is 13.9. The van der Waals surface area contributed by atoms with Gasteiger partial charge in [0.05, 0.1) is 0 Å². The van der Waals surface area contributed by atoms with Crippen LogP contribution in [0.2, 0.25) is 5.02 Å². The average Bonchev–Trinajstić information content (AvgIpc) is 3.07. The van der Waals surface area contributed by atoms with Gasteiger partial charge in [0, 0.05) is 30.8 Å². The Kier molecular flexibility index (Phi) is 3.77. The zero-order chi connectivity index (χ0) is 17.5. The standard InChI is InChI=1S/C24H15ClS/c25-20-13-6-11-17(23(20)16-8-2-1-3-9-16)18-12-7-15-22-24(18)19-10-4-5-14-21(19)26-22/h1-15H. The summed E-state index contributed by atoms with van der Waals surface area (Å²) in [6, 6.07) is 31.8. The van der Waals surface area contributed by atoms with E-state index in [0.717, 1.165) is 16.1 Å². The SMILES string of the molecule is Clc1cccc(-c2cccc3sc4ccccc4c23)c1-c1ccccc1. The van der Waals surface area contributed by atoms with Gasteiger partial charge in [-0.2, -0.15) is 0 Å². The van der Waals surface area contributed by atoms with Gasteiger partial charge in [-0.25, -0.2) is 0 Å². The topological polar surface area (TPSA) is 0 Å². The minimum atomic E-state index is 0.783. The summed E-state index contributed by atoms with van der Waals surface area (Å²) >= 11 is 8.50. The number of thiophene rings is 1. The molecule has 0 aliphatic heterocycles. The third-order valence-electron chi connectivity index (χ3n) is 4.77. The molecule has 0 bridgehead atoms. The summed E-state index contributed by atoms with van der Waals surface area (Å²) < 4.78 is 2.63. The first-order valence-electron chi connectivity index (χ1n) is 8.57. The molecule has 0 N–H and O–H groups in total. The summed E-state index contributed by atoms with van der Waals surface area (Å²) in [7, 11) is 0. The van der Waals surface area contributed by atoms with Crippen molar-refractivity contribution in [3.8, 4) is 22.3 Å². The molecule has 26 heavy (non-hydrogen) atoms. The van der Waals surface area contributed by atoms with Crippen molar-refractivity contribution >= 4 is 43.1 Å². The molecule has 0 saturated carbocycles. The van der Waals surface area contributed by atoms with Gasteiger partial charge in [0.2, 0.25) is 0 Å². The minimum absolute atomic E-state index is 0.783. The number of halogens is 1. The molecular formula is C24H15ClS. The summed E-state index contributed by atoms with van der Waals surface area (Å²) in [6.07, 6.45) is 0. The fourth-order valence-corrected chi connectivity index (χ4v) is 5.06. The average molecular weight is 371 g/mol. The van der Waals surface area contributed by atoms with E-state index in [1.165, 1.54) is 31.3 Å². The molecule has 5 rings (SSSR count). The first-order valence-corrected chi connectivity index (χ1v) is 9.77. The van der Waals surface area contributed by atoms with Crippen molar-refractivity contribution in [2.75, 3.05) is 0 Å². The Balaban J connectivity index is 1.89. The maximum atomic E-state index is 6.66. The summed E-state index contributed by atoms with van der Waals surface area (Å²) in [5.74, 6) is 0. The van der Waals surface area contributed by atoms with Gasteiger partial charge in [0.1, 0.15) is 0 Å². The fraction of sp³-hybridized carbons (Fsp3) is 0. The van der Waals surface area contributed by atoms with Crippen molar-refractivity contribution in [1.29, 1.82) is 0 Å². The molecule has 1 heterocycles. The molecule has 0 aliphatic carbocycles. The second kappa shape index (κ2) is 6.28. The van der Waals surface area contributed by atoms with Crippen LogP contribution in [0.3, 0.4) is 0 Å². The quantitative estimate of drug-likeness (QED) is 0.295. The van der Waals surface area contributed by atoms with E-state index in [1.54, 1.807) is 0 Å². The van der Waals surface area contributed by atoms with Gasteiger partial charge < -0.3 is 0 Å². The van der Waals surface area contributed by atoms with E-state index in [0.29, 0.717) is 0 Å². The monoisotopic (exact) mass is 370 g/mol. The highest BCUT2D eigenvalue weighted by molar-refractivity contribution is 7.25. The van der Waals surface area contributed by atoms with Gasteiger partial charge in [-0.15, -0.1) is 11.3 Å². The lowest BCUT2D eigenvalue weighted by molar-refractivity contribution is 1.60. The summed E-state index contributed by atoms with van der Waals surface area (Å²) in [5, 5.41) is 3.40. The predicted molar refractivity (Wildman–Crippen MR) is 115 cm³/mol. The predicted octanol–water partition coefficient (Wildman–Crippen LogP) is 8.04. The molecule has 5 aromatic rings. The van der Waals surface area contributed by atoms with E-state index in [-0.39, 0.29) is 0 Å². The van der Waals surface area contributed by atoms with Crippen LogP contribution in [0.5, 0.6) is 0 Å². The second-order valence-corrected chi connectivity index (χ2v) is 7.80. The Hall–Kier alpha value is -2.61. The summed E-state index contributed by atoms with van der Waals surface area (Å²) in [4.78, 5) is 0. The van der Waals surface area contributed by atoms with Crippen molar-refractivity contribution in [3.63, 3.8) is 0 Å². The van der Waals surface area contributed by atoms with Crippen molar-refractivity contribution in [3.05, 3.63) is 96.0 Å². The molecule has 0 radical (unpaired) electrons. The molecule has 0 saturated heterocycles. The van der Waals surface area contributed by atoms with E-state index >= 15 is 0 Å². The van der Waals surface area contributed by atoms with Crippen molar-refractivity contribution in [2.24, 2.45) is 0 Å². The smallest absolute Gasteiger partial charge is 0.0490 e. The van der Waals surface area contributed by atoms with Gasteiger partial charge in [0.15, 0.2) is 0 Å². The van der Waals surface area contributed by atoms with Crippen LogP contribution in [0, 0.1) is 0 Å². The Morgan fingerprint density at radius 2 is 1.27 bits per heavy atom. The van der Waals surface area contributed by atoms with E-state index in [9.17, 15) is 0 Å². The Bertz CT molecular complexity index is 1240. The molecule has 124 valence electrons. The van der Waals surface area contributed by atoms with Gasteiger partial charge in [0.25, 0.3) is 0 Å². The van der Waals surface area contributed by atoms with Crippen LogP contribution in [0.25, 0.3) is 42.4 Å². The lowest BCUT2D eigenvalue weighted by Crippen LogP contribution is -1.87. The number of hydrogen-bond donors (Lipinski definition) is 0. The molecule has 0 aliphatic rings. The van der Waals surface area contributed by atoms with Gasteiger partial charge in [-0.1, -0.05) is 84.4 Å². The van der Waals surface area contributed by atoms with Crippen LogP contribution < -0.4 is 0 Å². The molecule has 2 heteroatoms. The van der Waals surface area contributed by atoms with Gasteiger partial charge >= 0.3 is 0 Å². The third kappa shape index (κ3) is 2.44. The second-order valence-electron chi connectivity index (χ2n) is 6.31. The molecule has 0 fully saturated rings. The van der Waals surface area contributed by atoms with E-state index in [4.69, 9.17) is 11.6 Å². The first-order chi connectivity index (χ1) is 12.8. The Morgan fingerprint density at radius 1 is 0.577 bits per heavy atom. The number of benzene rings is 4. The highest BCUT2D eigenvalue weighted by Gasteiger charge is 2.15. The normalized spacial score (nSPS) is 11.3. The van der Waals surface area contributed by atoms with Gasteiger partial charge in [-0.05, 0) is 34.9 Å². The molecule has 1 aromatic heterocycles. The summed E-state index contributed by atoms with van der Waals surface area (Å²) in [6.45, 7) is 0. The van der Waals surface area contributed by atoms with E-state index in [1.807, 2.05) is 29.5 Å². The highest BCUT2D eigenvalue weighted by atomic mass is 35.5. The largest absolute Gasteiger partial charge is 0.135 e. The minimum Gasteiger partial charge on any atom is -0.135 e. The van der Waals surface area contributed by atoms with Crippen molar-refractivity contribution < 1.29 is 0 Å².